The molecule has 2 aromatic heterocycles. The van der Waals surface area contributed by atoms with Crippen molar-refractivity contribution in [2.24, 2.45) is 0 Å². The molecule has 3 rings (SSSR count). The number of hydrogen-bond acceptors (Lipinski definition) is 7. The van der Waals surface area contributed by atoms with Gasteiger partial charge in [-0.15, -0.1) is 0 Å². The lowest BCUT2D eigenvalue weighted by molar-refractivity contribution is 0.0196. The van der Waals surface area contributed by atoms with Gasteiger partial charge in [-0.3, -0.25) is 0 Å². The van der Waals surface area contributed by atoms with Gasteiger partial charge in [0.15, 0.2) is 5.82 Å². The number of aromatic nitrogens is 3. The first-order valence-electron chi connectivity index (χ1n) is 5.94. The second kappa shape index (κ2) is 4.42. The van der Waals surface area contributed by atoms with Gasteiger partial charge >= 0.3 is 0 Å². The number of nitrogens with two attached hydrogens (primary N) is 1. The molecule has 0 amide bonds. The van der Waals surface area contributed by atoms with E-state index in [0.717, 1.165) is 0 Å². The quantitative estimate of drug-likeness (QED) is 0.379. The number of anilines is 1. The Bertz CT molecular complexity index is 601. The van der Waals surface area contributed by atoms with Crippen LogP contribution in [0.15, 0.2) is 12.5 Å². The molecule has 0 aromatic carbocycles. The van der Waals surface area contributed by atoms with E-state index >= 15 is 0 Å². The van der Waals surface area contributed by atoms with Crippen molar-refractivity contribution in [3.8, 4) is 0 Å². The monoisotopic (exact) mass is 265 g/mol. The fourth-order valence-corrected chi connectivity index (χ4v) is 2.51. The predicted molar refractivity (Wildman–Crippen MR) is 67.1 cm³/mol. The molecule has 0 bridgehead atoms. The number of nitrogens with one attached hydrogen (secondary N) is 2. The van der Waals surface area contributed by atoms with E-state index in [9.17, 15) is 10.2 Å². The largest absolute Gasteiger partial charge is 0.395 e. The minimum absolute atomic E-state index is 0.256. The van der Waals surface area contributed by atoms with Gasteiger partial charge in [0.2, 0.25) is 0 Å². The fourth-order valence-electron chi connectivity index (χ4n) is 2.51. The zero-order chi connectivity index (χ0) is 13.6. The second-order valence-corrected chi connectivity index (χ2v) is 4.64. The summed E-state index contributed by atoms with van der Waals surface area (Å²) in [5.74, 6) is 0.322. The van der Waals surface area contributed by atoms with Crippen LogP contribution in [-0.4, -0.2) is 55.1 Å². The SMILES string of the molecule is Nc1ncnc2c([C@@H]3N[C@H](CO)[C@@H](O)[C@@H]3O)c[nH]c12. The molecule has 19 heavy (non-hydrogen) atoms. The number of hydrogen-bond donors (Lipinski definition) is 6. The van der Waals surface area contributed by atoms with Crippen LogP contribution < -0.4 is 11.1 Å². The topological polar surface area (TPSA) is 140 Å². The molecule has 4 atom stereocenters. The summed E-state index contributed by atoms with van der Waals surface area (Å²) in [5.41, 5.74) is 7.60. The molecule has 0 unspecified atom stereocenters. The number of nitrogens with zero attached hydrogens (tertiary/aromatic N) is 2. The van der Waals surface area contributed by atoms with Crippen molar-refractivity contribution in [3.63, 3.8) is 0 Å². The third-order valence-electron chi connectivity index (χ3n) is 3.55. The molecule has 8 heteroatoms. The van der Waals surface area contributed by atoms with Crippen molar-refractivity contribution in [3.05, 3.63) is 18.1 Å². The second-order valence-electron chi connectivity index (χ2n) is 4.64. The Hall–Kier alpha value is -1.74. The number of nitrogen functional groups attached to an aromatic ring is 1. The van der Waals surface area contributed by atoms with E-state index in [2.05, 4.69) is 20.3 Å². The van der Waals surface area contributed by atoms with Gasteiger partial charge in [-0.1, -0.05) is 0 Å². The summed E-state index contributed by atoms with van der Waals surface area (Å²) in [7, 11) is 0. The maximum atomic E-state index is 10.0. The Morgan fingerprint density at radius 2 is 2.05 bits per heavy atom. The van der Waals surface area contributed by atoms with Crippen molar-refractivity contribution in [2.45, 2.75) is 24.3 Å². The Labute approximate surface area is 108 Å². The van der Waals surface area contributed by atoms with E-state index in [1.54, 1.807) is 6.20 Å². The highest BCUT2D eigenvalue weighted by atomic mass is 16.3. The first-order valence-corrected chi connectivity index (χ1v) is 5.94. The normalized spacial score (nSPS) is 31.1. The molecule has 0 saturated carbocycles. The molecule has 1 saturated heterocycles. The molecular weight excluding hydrogens is 250 g/mol. The minimum atomic E-state index is -1.03. The van der Waals surface area contributed by atoms with Crippen molar-refractivity contribution < 1.29 is 15.3 Å². The molecule has 7 N–H and O–H groups in total. The molecule has 102 valence electrons. The van der Waals surface area contributed by atoms with Crippen LogP contribution in [0.5, 0.6) is 0 Å². The Morgan fingerprint density at radius 3 is 2.74 bits per heavy atom. The first kappa shape index (κ1) is 12.3. The number of aromatic amines is 1. The van der Waals surface area contributed by atoms with Gasteiger partial charge in [-0.05, 0) is 0 Å². The van der Waals surface area contributed by atoms with Crippen molar-refractivity contribution >= 4 is 16.9 Å². The zero-order valence-electron chi connectivity index (χ0n) is 9.98. The number of aliphatic hydroxyl groups is 3. The molecule has 0 aliphatic carbocycles. The highest BCUT2D eigenvalue weighted by Crippen LogP contribution is 2.32. The smallest absolute Gasteiger partial charge is 0.151 e. The summed E-state index contributed by atoms with van der Waals surface area (Å²) in [6.07, 6.45) is 0.964. The summed E-state index contributed by atoms with van der Waals surface area (Å²) in [6.45, 7) is -0.256. The van der Waals surface area contributed by atoms with Gasteiger partial charge in [0.05, 0.1) is 30.3 Å². The van der Waals surface area contributed by atoms with Gasteiger partial charge in [0.25, 0.3) is 0 Å². The van der Waals surface area contributed by atoms with E-state index in [1.807, 2.05) is 0 Å². The molecular formula is C11H15N5O3. The Morgan fingerprint density at radius 1 is 1.26 bits per heavy atom. The number of fused-ring (bicyclic) bond motifs is 1. The average molecular weight is 265 g/mol. The summed E-state index contributed by atoms with van der Waals surface area (Å²) in [4.78, 5) is 11.0. The highest BCUT2D eigenvalue weighted by Gasteiger charge is 2.42. The van der Waals surface area contributed by atoms with Crippen LogP contribution in [0.3, 0.4) is 0 Å². The molecule has 0 spiro atoms. The molecule has 3 heterocycles. The standard InChI is InChI=1S/C11H15N5O3/c12-11-8-6(14-3-15-11)4(1-13-8)7-10(19)9(18)5(2-17)16-7/h1,3,5,7,9-10,13,16-19H,2H2,(H2,12,14,15)/t5-,7+,9-,10-/m1/s1. The lowest BCUT2D eigenvalue weighted by atomic mass is 10.0. The van der Waals surface area contributed by atoms with Gasteiger partial charge < -0.3 is 31.4 Å². The van der Waals surface area contributed by atoms with Crippen LogP contribution in [0, 0.1) is 0 Å². The zero-order valence-corrected chi connectivity index (χ0v) is 9.98. The number of aliphatic hydroxyl groups excluding tert-OH is 3. The molecule has 1 aliphatic heterocycles. The molecule has 1 fully saturated rings. The average Bonchev–Trinajstić information content (AvgIpc) is 2.94. The lowest BCUT2D eigenvalue weighted by Crippen LogP contribution is -2.35. The van der Waals surface area contributed by atoms with Crippen molar-refractivity contribution in [2.75, 3.05) is 12.3 Å². The minimum Gasteiger partial charge on any atom is -0.395 e. The van der Waals surface area contributed by atoms with Crippen LogP contribution in [0.2, 0.25) is 0 Å². The maximum absolute atomic E-state index is 10.0. The number of H-pyrrole nitrogens is 1. The van der Waals surface area contributed by atoms with Crippen LogP contribution in [0.4, 0.5) is 5.82 Å². The van der Waals surface area contributed by atoms with Crippen LogP contribution >= 0.6 is 0 Å². The third kappa shape index (κ3) is 1.77. The van der Waals surface area contributed by atoms with Gasteiger partial charge in [-0.25, -0.2) is 9.97 Å². The molecule has 8 nitrogen and oxygen atoms in total. The van der Waals surface area contributed by atoms with Crippen LogP contribution in [0.1, 0.15) is 11.6 Å². The van der Waals surface area contributed by atoms with Gasteiger partial charge in [-0.2, -0.15) is 0 Å². The molecule has 1 aliphatic rings. The number of rotatable bonds is 2. The van der Waals surface area contributed by atoms with E-state index in [4.69, 9.17) is 10.8 Å². The molecule has 2 aromatic rings. The lowest BCUT2D eigenvalue weighted by Gasteiger charge is -2.14. The third-order valence-corrected chi connectivity index (χ3v) is 3.55. The van der Waals surface area contributed by atoms with Crippen molar-refractivity contribution in [1.82, 2.24) is 20.3 Å². The summed E-state index contributed by atoms with van der Waals surface area (Å²) in [6, 6.07) is -1.08. The summed E-state index contributed by atoms with van der Waals surface area (Å²) >= 11 is 0. The van der Waals surface area contributed by atoms with Gasteiger partial charge in [0, 0.05) is 11.8 Å². The fraction of sp³-hybridized carbons (Fsp3) is 0.455. The van der Waals surface area contributed by atoms with Crippen molar-refractivity contribution in [1.29, 1.82) is 0 Å². The van der Waals surface area contributed by atoms with E-state index < -0.39 is 24.3 Å². The maximum Gasteiger partial charge on any atom is 0.151 e. The predicted octanol–water partition coefficient (Wildman–Crippen LogP) is -1.73. The summed E-state index contributed by atoms with van der Waals surface area (Å²) < 4.78 is 0. The Kier molecular flexibility index (Phi) is 2.86. The molecule has 0 radical (unpaired) electrons. The van der Waals surface area contributed by atoms with E-state index in [-0.39, 0.29) is 6.61 Å². The summed E-state index contributed by atoms with van der Waals surface area (Å²) in [5, 5.41) is 32.0. The van der Waals surface area contributed by atoms with Crippen LogP contribution in [-0.2, 0) is 0 Å². The first-order chi connectivity index (χ1) is 9.13. The van der Waals surface area contributed by atoms with E-state index in [1.165, 1.54) is 6.33 Å². The van der Waals surface area contributed by atoms with Crippen LogP contribution in [0.25, 0.3) is 11.0 Å². The Balaban J connectivity index is 2.04. The van der Waals surface area contributed by atoms with Gasteiger partial charge in [0.1, 0.15) is 17.9 Å². The van der Waals surface area contributed by atoms with E-state index in [0.29, 0.717) is 22.4 Å². The highest BCUT2D eigenvalue weighted by molar-refractivity contribution is 5.87.